The molecule has 0 aliphatic heterocycles. The lowest BCUT2D eigenvalue weighted by molar-refractivity contribution is -0.141. The Bertz CT molecular complexity index is 681. The summed E-state index contributed by atoms with van der Waals surface area (Å²) in [4.78, 5) is 15.0. The van der Waals surface area contributed by atoms with E-state index >= 15 is 0 Å². The summed E-state index contributed by atoms with van der Waals surface area (Å²) in [5.41, 5.74) is 1.18. The number of aryl methyl sites for hydroxylation is 1. The number of pyridine rings is 1. The van der Waals surface area contributed by atoms with Crippen molar-refractivity contribution < 1.29 is 18.0 Å². The molecule has 0 saturated heterocycles. The van der Waals surface area contributed by atoms with Gasteiger partial charge in [-0.1, -0.05) is 12.1 Å². The highest BCUT2D eigenvalue weighted by atomic mass is 19.4. The van der Waals surface area contributed by atoms with Gasteiger partial charge >= 0.3 is 6.18 Å². The van der Waals surface area contributed by atoms with Crippen molar-refractivity contribution in [3.8, 4) is 11.1 Å². The third kappa shape index (κ3) is 3.21. The standard InChI is InChI=1S/C15H13F3N2O/c1-9-6-13(15(16,17)18)20-8-12(9)10-4-3-5-11(7-10)14(21)19-2/h3-8H,1-2H3,(H,19,21). The largest absolute Gasteiger partial charge is 0.433 e. The molecule has 2 rings (SSSR count). The molecule has 0 atom stereocenters. The van der Waals surface area contributed by atoms with Crippen molar-refractivity contribution in [1.82, 2.24) is 10.3 Å². The Hall–Kier alpha value is -2.37. The zero-order valence-corrected chi connectivity index (χ0v) is 11.5. The van der Waals surface area contributed by atoms with Gasteiger partial charge in [0.2, 0.25) is 0 Å². The summed E-state index contributed by atoms with van der Waals surface area (Å²) in [6.07, 6.45) is -3.28. The second kappa shape index (κ2) is 5.55. The van der Waals surface area contributed by atoms with Crippen LogP contribution < -0.4 is 5.32 Å². The SMILES string of the molecule is CNC(=O)c1cccc(-c2cnc(C(F)(F)F)cc2C)c1. The van der Waals surface area contributed by atoms with E-state index in [-0.39, 0.29) is 5.91 Å². The zero-order chi connectivity index (χ0) is 15.6. The lowest BCUT2D eigenvalue weighted by Crippen LogP contribution is -2.17. The normalized spacial score (nSPS) is 11.3. The molecule has 1 heterocycles. The van der Waals surface area contributed by atoms with Crippen LogP contribution in [0.15, 0.2) is 36.5 Å². The molecule has 0 aliphatic rings. The van der Waals surface area contributed by atoms with Crippen molar-refractivity contribution in [2.24, 2.45) is 0 Å². The lowest BCUT2D eigenvalue weighted by Gasteiger charge is -2.11. The van der Waals surface area contributed by atoms with Crippen LogP contribution in [-0.2, 0) is 6.18 Å². The van der Waals surface area contributed by atoms with E-state index in [1.807, 2.05) is 0 Å². The number of amides is 1. The van der Waals surface area contributed by atoms with E-state index in [2.05, 4.69) is 10.3 Å². The fourth-order valence-corrected chi connectivity index (χ4v) is 1.99. The molecule has 21 heavy (non-hydrogen) atoms. The van der Waals surface area contributed by atoms with Gasteiger partial charge in [-0.25, -0.2) is 0 Å². The second-order valence-corrected chi connectivity index (χ2v) is 4.54. The Balaban J connectivity index is 2.46. The third-order valence-electron chi connectivity index (χ3n) is 3.06. The number of hydrogen-bond donors (Lipinski definition) is 1. The summed E-state index contributed by atoms with van der Waals surface area (Å²) in [5.74, 6) is -0.255. The molecule has 1 N–H and O–H groups in total. The molecule has 110 valence electrons. The van der Waals surface area contributed by atoms with Crippen LogP contribution in [0.25, 0.3) is 11.1 Å². The number of alkyl halides is 3. The van der Waals surface area contributed by atoms with E-state index in [4.69, 9.17) is 0 Å². The number of benzene rings is 1. The molecule has 0 spiro atoms. The number of rotatable bonds is 2. The summed E-state index contributed by atoms with van der Waals surface area (Å²) in [6, 6.07) is 7.66. The maximum atomic E-state index is 12.6. The molecule has 0 aliphatic carbocycles. The van der Waals surface area contributed by atoms with Crippen LogP contribution in [0.2, 0.25) is 0 Å². The minimum Gasteiger partial charge on any atom is -0.355 e. The number of nitrogens with zero attached hydrogens (tertiary/aromatic N) is 1. The van der Waals surface area contributed by atoms with E-state index in [1.165, 1.54) is 13.2 Å². The minimum absolute atomic E-state index is 0.255. The van der Waals surface area contributed by atoms with Gasteiger partial charge in [-0.05, 0) is 36.2 Å². The van der Waals surface area contributed by atoms with Gasteiger partial charge in [0.15, 0.2) is 0 Å². The van der Waals surface area contributed by atoms with Crippen LogP contribution in [0, 0.1) is 6.92 Å². The van der Waals surface area contributed by atoms with Crippen molar-refractivity contribution in [3.63, 3.8) is 0 Å². The first kappa shape index (κ1) is 15.0. The Morgan fingerprint density at radius 3 is 2.52 bits per heavy atom. The highest BCUT2D eigenvalue weighted by Gasteiger charge is 2.32. The highest BCUT2D eigenvalue weighted by molar-refractivity contribution is 5.95. The monoisotopic (exact) mass is 294 g/mol. The topological polar surface area (TPSA) is 42.0 Å². The molecular formula is C15H13F3N2O. The lowest BCUT2D eigenvalue weighted by atomic mass is 10.00. The van der Waals surface area contributed by atoms with Gasteiger partial charge in [-0.3, -0.25) is 9.78 Å². The molecule has 0 bridgehead atoms. The number of hydrogen-bond acceptors (Lipinski definition) is 2. The smallest absolute Gasteiger partial charge is 0.355 e. The van der Waals surface area contributed by atoms with Crippen molar-refractivity contribution >= 4 is 5.91 Å². The summed E-state index contributed by atoms with van der Waals surface area (Å²) >= 11 is 0. The quantitative estimate of drug-likeness (QED) is 0.922. The fourth-order valence-electron chi connectivity index (χ4n) is 1.99. The molecule has 0 radical (unpaired) electrons. The number of carbonyl (C=O) groups excluding carboxylic acids is 1. The highest BCUT2D eigenvalue weighted by Crippen LogP contribution is 2.31. The predicted octanol–water partition coefficient (Wildman–Crippen LogP) is 3.44. The maximum Gasteiger partial charge on any atom is 0.433 e. The molecule has 0 fully saturated rings. The van der Waals surface area contributed by atoms with Gasteiger partial charge in [-0.2, -0.15) is 13.2 Å². The number of carbonyl (C=O) groups is 1. The molecule has 1 aromatic carbocycles. The molecule has 6 heteroatoms. The van der Waals surface area contributed by atoms with Crippen molar-refractivity contribution in [3.05, 3.63) is 53.3 Å². The van der Waals surface area contributed by atoms with Gasteiger partial charge in [-0.15, -0.1) is 0 Å². The van der Waals surface area contributed by atoms with Crippen molar-refractivity contribution in [1.29, 1.82) is 0 Å². The summed E-state index contributed by atoms with van der Waals surface area (Å²) < 4.78 is 37.8. The molecule has 2 aromatic rings. The number of halogens is 3. The minimum atomic E-state index is -4.47. The van der Waals surface area contributed by atoms with Gasteiger partial charge in [0, 0.05) is 24.4 Å². The molecule has 1 amide bonds. The first-order chi connectivity index (χ1) is 9.82. The van der Waals surface area contributed by atoms with Crippen molar-refractivity contribution in [2.45, 2.75) is 13.1 Å². The number of nitrogens with one attached hydrogen (secondary N) is 1. The Morgan fingerprint density at radius 1 is 1.24 bits per heavy atom. The first-order valence-electron chi connectivity index (χ1n) is 6.19. The Morgan fingerprint density at radius 2 is 1.95 bits per heavy atom. The number of aromatic nitrogens is 1. The Labute approximate surface area is 119 Å². The summed E-state index contributed by atoms with van der Waals surface area (Å²) in [5, 5.41) is 2.50. The van der Waals surface area contributed by atoms with Gasteiger partial charge in [0.05, 0.1) is 0 Å². The predicted molar refractivity (Wildman–Crippen MR) is 72.8 cm³/mol. The average molecular weight is 294 g/mol. The van der Waals surface area contributed by atoms with E-state index in [0.717, 1.165) is 6.07 Å². The van der Waals surface area contributed by atoms with Gasteiger partial charge < -0.3 is 5.32 Å². The average Bonchev–Trinajstić information content (AvgIpc) is 2.45. The summed E-state index contributed by atoms with van der Waals surface area (Å²) in [6.45, 7) is 1.58. The van der Waals surface area contributed by atoms with Gasteiger partial charge in [0.1, 0.15) is 5.69 Å². The molecule has 1 aromatic heterocycles. The third-order valence-corrected chi connectivity index (χ3v) is 3.06. The maximum absolute atomic E-state index is 12.6. The van der Waals surface area contributed by atoms with E-state index < -0.39 is 11.9 Å². The summed E-state index contributed by atoms with van der Waals surface area (Å²) in [7, 11) is 1.51. The molecule has 0 unspecified atom stereocenters. The van der Waals surface area contributed by atoms with Crippen LogP contribution >= 0.6 is 0 Å². The second-order valence-electron chi connectivity index (χ2n) is 4.54. The van der Waals surface area contributed by atoms with Crippen LogP contribution in [-0.4, -0.2) is 17.9 Å². The first-order valence-corrected chi connectivity index (χ1v) is 6.19. The van der Waals surface area contributed by atoms with Crippen molar-refractivity contribution in [2.75, 3.05) is 7.05 Å². The molecule has 3 nitrogen and oxygen atoms in total. The van der Waals surface area contributed by atoms with E-state index in [0.29, 0.717) is 22.3 Å². The van der Waals surface area contributed by atoms with Crippen LogP contribution in [0.5, 0.6) is 0 Å². The van der Waals surface area contributed by atoms with Crippen LogP contribution in [0.1, 0.15) is 21.6 Å². The fraction of sp³-hybridized carbons (Fsp3) is 0.200. The van der Waals surface area contributed by atoms with E-state index in [9.17, 15) is 18.0 Å². The van der Waals surface area contributed by atoms with Crippen LogP contribution in [0.3, 0.4) is 0 Å². The molecule has 0 saturated carbocycles. The Kier molecular flexibility index (Phi) is 3.97. The molecular weight excluding hydrogens is 281 g/mol. The van der Waals surface area contributed by atoms with Crippen LogP contribution in [0.4, 0.5) is 13.2 Å². The van der Waals surface area contributed by atoms with E-state index in [1.54, 1.807) is 31.2 Å². The van der Waals surface area contributed by atoms with Gasteiger partial charge in [0.25, 0.3) is 5.91 Å². The zero-order valence-electron chi connectivity index (χ0n) is 11.5.